The number of aliphatic hydroxyl groups is 1. The Morgan fingerprint density at radius 2 is 0.750 bits per heavy atom. The molecule has 0 aliphatic heterocycles. The average molecular weight is 930 g/mol. The van der Waals surface area contributed by atoms with Crippen molar-refractivity contribution in [1.29, 1.82) is 0 Å². The van der Waals surface area contributed by atoms with Gasteiger partial charge in [0.15, 0.2) is 0 Å². The van der Waals surface area contributed by atoms with E-state index in [0.717, 1.165) is 38.5 Å². The van der Waals surface area contributed by atoms with Crippen molar-refractivity contribution < 1.29 is 32.9 Å². The Morgan fingerprint density at radius 3 is 1.05 bits per heavy atom. The average Bonchev–Trinajstić information content (AvgIpc) is 3.25. The van der Waals surface area contributed by atoms with Crippen LogP contribution in [0.1, 0.15) is 296 Å². The molecule has 0 saturated carbocycles. The first-order valence-electron chi connectivity index (χ1n) is 28.4. The van der Waals surface area contributed by atoms with Gasteiger partial charge in [0.1, 0.15) is 13.2 Å². The highest BCUT2D eigenvalue weighted by atomic mass is 31.2. The van der Waals surface area contributed by atoms with Gasteiger partial charge < -0.3 is 19.8 Å². The third-order valence-electron chi connectivity index (χ3n) is 13.4. The molecular weight excluding hydrogens is 816 g/mol. The van der Waals surface area contributed by atoms with Crippen LogP contribution in [0, 0.1) is 0 Å². The van der Waals surface area contributed by atoms with Crippen molar-refractivity contribution in [3.63, 3.8) is 0 Å². The quantitative estimate of drug-likeness (QED) is 0.0319. The third kappa shape index (κ3) is 49.4. The standard InChI is InChI=1S/C55H113N2O6P/c1-6-8-10-12-14-16-18-19-20-21-22-23-24-25-26-27-28-29-30-31-32-33-34-35-36-37-39-41-43-45-47-49-55(59)56-53(52-63-64(60,61)62-51-50-57(3,4)5)54(58)48-46-44-42-40-38-17-15-13-11-9-7-2/h53-54,58H,6-52H2,1-5H3,(H-,56,59,60,61)/p+1/t53-,54+/m0/s1. The Hall–Kier alpha value is -0.500. The van der Waals surface area contributed by atoms with E-state index in [2.05, 4.69) is 19.2 Å². The minimum Gasteiger partial charge on any atom is -0.391 e. The van der Waals surface area contributed by atoms with Crippen molar-refractivity contribution in [2.75, 3.05) is 40.9 Å². The summed E-state index contributed by atoms with van der Waals surface area (Å²) < 4.78 is 23.7. The normalized spacial score (nSPS) is 13.9. The topological polar surface area (TPSA) is 105 Å². The summed E-state index contributed by atoms with van der Waals surface area (Å²) in [5.74, 6) is -0.138. The smallest absolute Gasteiger partial charge is 0.391 e. The lowest BCUT2D eigenvalue weighted by Crippen LogP contribution is -2.46. The summed E-state index contributed by atoms with van der Waals surface area (Å²) in [4.78, 5) is 23.2. The lowest BCUT2D eigenvalue weighted by Gasteiger charge is -2.26. The van der Waals surface area contributed by atoms with E-state index < -0.39 is 20.0 Å². The predicted octanol–water partition coefficient (Wildman–Crippen LogP) is 16.9. The molecule has 0 aromatic carbocycles. The van der Waals surface area contributed by atoms with Gasteiger partial charge >= 0.3 is 7.82 Å². The van der Waals surface area contributed by atoms with Crippen LogP contribution < -0.4 is 5.32 Å². The number of quaternary nitrogens is 1. The minimum atomic E-state index is -4.31. The molecule has 9 heteroatoms. The molecule has 64 heavy (non-hydrogen) atoms. The number of rotatable bonds is 53. The van der Waals surface area contributed by atoms with Crippen molar-refractivity contribution in [2.24, 2.45) is 0 Å². The maximum atomic E-state index is 12.9. The second-order valence-corrected chi connectivity index (χ2v) is 22.5. The third-order valence-corrected chi connectivity index (χ3v) is 14.3. The Balaban J connectivity index is 3.92. The predicted molar refractivity (Wildman–Crippen MR) is 277 cm³/mol. The Labute approximate surface area is 399 Å². The minimum absolute atomic E-state index is 0.0787. The molecule has 0 heterocycles. The molecule has 384 valence electrons. The van der Waals surface area contributed by atoms with Gasteiger partial charge in [0.25, 0.3) is 0 Å². The summed E-state index contributed by atoms with van der Waals surface area (Å²) in [5, 5.41) is 14.0. The number of hydrogen-bond acceptors (Lipinski definition) is 5. The summed E-state index contributed by atoms with van der Waals surface area (Å²) in [6.45, 7) is 4.92. The molecule has 0 rings (SSSR count). The van der Waals surface area contributed by atoms with E-state index in [1.807, 2.05) is 21.1 Å². The Kier molecular flexibility index (Phi) is 47.2. The van der Waals surface area contributed by atoms with Gasteiger partial charge in [-0.05, 0) is 12.8 Å². The van der Waals surface area contributed by atoms with Crippen LogP contribution in [0.25, 0.3) is 0 Å². The summed E-state index contributed by atoms with van der Waals surface area (Å²) in [6, 6.07) is -0.753. The number of phosphoric acid groups is 1. The van der Waals surface area contributed by atoms with Crippen molar-refractivity contribution in [3.05, 3.63) is 0 Å². The summed E-state index contributed by atoms with van der Waals surface area (Å²) in [6.07, 6.45) is 56.1. The summed E-state index contributed by atoms with van der Waals surface area (Å²) in [5.41, 5.74) is 0. The van der Waals surface area contributed by atoms with E-state index in [1.54, 1.807) is 0 Å². The van der Waals surface area contributed by atoms with Gasteiger partial charge in [0.2, 0.25) is 5.91 Å². The monoisotopic (exact) mass is 930 g/mol. The maximum absolute atomic E-state index is 12.9. The number of nitrogens with one attached hydrogen (secondary N) is 1. The molecule has 3 N–H and O–H groups in total. The number of hydrogen-bond donors (Lipinski definition) is 3. The van der Waals surface area contributed by atoms with Crippen LogP contribution in [0.4, 0.5) is 0 Å². The molecule has 0 saturated heterocycles. The number of aliphatic hydroxyl groups excluding tert-OH is 1. The number of carbonyl (C=O) groups excluding carboxylic acids is 1. The van der Waals surface area contributed by atoms with Gasteiger partial charge in [-0.1, -0.05) is 277 Å². The van der Waals surface area contributed by atoms with Crippen LogP contribution >= 0.6 is 7.82 Å². The van der Waals surface area contributed by atoms with E-state index in [0.29, 0.717) is 23.9 Å². The molecule has 0 aliphatic rings. The number of nitrogens with zero attached hydrogens (tertiary/aromatic N) is 1. The van der Waals surface area contributed by atoms with Crippen molar-refractivity contribution in [3.8, 4) is 0 Å². The van der Waals surface area contributed by atoms with Crippen LogP contribution in [0.3, 0.4) is 0 Å². The van der Waals surface area contributed by atoms with Crippen LogP contribution in [0.5, 0.6) is 0 Å². The van der Waals surface area contributed by atoms with E-state index >= 15 is 0 Å². The molecule has 0 fully saturated rings. The van der Waals surface area contributed by atoms with Crippen molar-refractivity contribution in [2.45, 2.75) is 309 Å². The molecule has 8 nitrogen and oxygen atoms in total. The highest BCUT2D eigenvalue weighted by molar-refractivity contribution is 7.47. The fourth-order valence-electron chi connectivity index (χ4n) is 8.87. The first-order valence-corrected chi connectivity index (χ1v) is 29.9. The molecule has 1 amide bonds. The zero-order chi connectivity index (χ0) is 47.1. The SMILES string of the molecule is CCCCCCCCCCCCCCCCCCCCCCCCCCCCCCCCCC(=O)N[C@@H](COP(=O)(O)OCC[N+](C)(C)C)[C@H](O)CCCCCCCCCCCCC. The molecule has 1 unspecified atom stereocenters. The zero-order valence-corrected chi connectivity index (χ0v) is 44.7. The fourth-order valence-corrected chi connectivity index (χ4v) is 9.61. The number of carbonyl (C=O) groups is 1. The van der Waals surface area contributed by atoms with Gasteiger partial charge in [-0.15, -0.1) is 0 Å². The molecule has 0 aliphatic carbocycles. The highest BCUT2D eigenvalue weighted by Crippen LogP contribution is 2.43. The fraction of sp³-hybridized carbons (Fsp3) is 0.982. The lowest BCUT2D eigenvalue weighted by molar-refractivity contribution is -0.870. The molecular formula is C55H114N2O6P+. The van der Waals surface area contributed by atoms with E-state index in [-0.39, 0.29) is 19.1 Å². The van der Waals surface area contributed by atoms with E-state index in [4.69, 9.17) is 9.05 Å². The van der Waals surface area contributed by atoms with Crippen molar-refractivity contribution in [1.82, 2.24) is 5.32 Å². The molecule has 3 atom stereocenters. The van der Waals surface area contributed by atoms with Gasteiger partial charge in [0.05, 0.1) is 39.9 Å². The van der Waals surface area contributed by atoms with Gasteiger partial charge in [-0.3, -0.25) is 13.8 Å². The molecule has 0 bridgehead atoms. The Bertz CT molecular complexity index is 1010. The number of phosphoric ester groups is 1. The number of unbranched alkanes of at least 4 members (excludes halogenated alkanes) is 40. The van der Waals surface area contributed by atoms with Gasteiger partial charge in [-0.2, -0.15) is 0 Å². The van der Waals surface area contributed by atoms with Crippen LogP contribution in [-0.2, 0) is 18.4 Å². The second kappa shape index (κ2) is 47.6. The maximum Gasteiger partial charge on any atom is 0.472 e. The first kappa shape index (κ1) is 63.5. The second-order valence-electron chi connectivity index (χ2n) is 21.0. The lowest BCUT2D eigenvalue weighted by atomic mass is 10.0. The number of amides is 1. The number of likely N-dealkylation sites (N-methyl/N-ethyl adjacent to an activating group) is 1. The molecule has 0 aromatic rings. The summed E-state index contributed by atoms with van der Waals surface area (Å²) in [7, 11) is 1.63. The zero-order valence-electron chi connectivity index (χ0n) is 43.8. The summed E-state index contributed by atoms with van der Waals surface area (Å²) >= 11 is 0. The van der Waals surface area contributed by atoms with Crippen LogP contribution in [0.15, 0.2) is 0 Å². The van der Waals surface area contributed by atoms with Gasteiger partial charge in [-0.25, -0.2) is 4.57 Å². The van der Waals surface area contributed by atoms with Crippen LogP contribution in [0.2, 0.25) is 0 Å². The van der Waals surface area contributed by atoms with Crippen molar-refractivity contribution >= 4 is 13.7 Å². The largest absolute Gasteiger partial charge is 0.472 e. The molecule has 0 aromatic heterocycles. The van der Waals surface area contributed by atoms with E-state index in [1.165, 1.54) is 231 Å². The van der Waals surface area contributed by atoms with Gasteiger partial charge in [0, 0.05) is 6.42 Å². The Morgan fingerprint density at radius 1 is 0.469 bits per heavy atom. The molecule has 0 radical (unpaired) electrons. The van der Waals surface area contributed by atoms with E-state index in [9.17, 15) is 19.4 Å². The molecule has 0 spiro atoms. The van der Waals surface area contributed by atoms with Crippen LogP contribution in [-0.4, -0.2) is 73.4 Å². The first-order chi connectivity index (χ1) is 31.0. The highest BCUT2D eigenvalue weighted by Gasteiger charge is 2.28.